The van der Waals surface area contributed by atoms with Crippen LogP contribution >= 0.6 is 0 Å². The van der Waals surface area contributed by atoms with E-state index in [-0.39, 0.29) is 23.0 Å². The fraction of sp³-hybridized carbons (Fsp3) is 0.542. The van der Waals surface area contributed by atoms with Crippen LogP contribution in [0.25, 0.3) is 0 Å². The predicted octanol–water partition coefficient (Wildman–Crippen LogP) is 4.25. The number of benzene rings is 1. The van der Waals surface area contributed by atoms with Gasteiger partial charge < -0.3 is 9.52 Å². The fourth-order valence-corrected chi connectivity index (χ4v) is 5.61. The number of hydrogen-bond donors (Lipinski definition) is 2. The van der Waals surface area contributed by atoms with Crippen LogP contribution in [-0.4, -0.2) is 19.3 Å². The van der Waals surface area contributed by atoms with Crippen molar-refractivity contribution in [2.75, 3.05) is 5.75 Å². The highest BCUT2D eigenvalue weighted by atomic mass is 32.2. The third-order valence-corrected chi connectivity index (χ3v) is 7.34. The fourth-order valence-electron chi connectivity index (χ4n) is 4.19. The summed E-state index contributed by atoms with van der Waals surface area (Å²) >= 11 is 0. The van der Waals surface area contributed by atoms with Crippen LogP contribution in [0.3, 0.4) is 0 Å². The third kappa shape index (κ3) is 6.20. The molecule has 2 aromatic rings. The minimum Gasteiger partial charge on any atom is -0.507 e. The van der Waals surface area contributed by atoms with Crippen LogP contribution < -0.4 is 10.3 Å². The molecule has 0 bridgehead atoms. The van der Waals surface area contributed by atoms with Crippen LogP contribution in [0.2, 0.25) is 0 Å². The number of rotatable bonds is 8. The van der Waals surface area contributed by atoms with Crippen LogP contribution in [0, 0.1) is 5.92 Å². The zero-order valence-corrected chi connectivity index (χ0v) is 19.2. The van der Waals surface area contributed by atoms with E-state index in [0.29, 0.717) is 37.0 Å². The molecule has 1 atom stereocenters. The summed E-state index contributed by atoms with van der Waals surface area (Å²) in [4.78, 5) is 12.8. The lowest BCUT2D eigenvalue weighted by Gasteiger charge is -2.24. The van der Waals surface area contributed by atoms with Gasteiger partial charge in [-0.05, 0) is 43.6 Å². The Hall–Kier alpha value is -2.12. The normalized spacial score (nSPS) is 15.8. The minimum absolute atomic E-state index is 0.0287. The van der Waals surface area contributed by atoms with Crippen molar-refractivity contribution in [2.45, 2.75) is 71.3 Å². The van der Waals surface area contributed by atoms with Crippen molar-refractivity contribution in [1.82, 2.24) is 4.72 Å². The van der Waals surface area contributed by atoms with Gasteiger partial charge in [-0.2, -0.15) is 0 Å². The molecule has 3 rings (SSSR count). The zero-order valence-electron chi connectivity index (χ0n) is 18.4. The van der Waals surface area contributed by atoms with Gasteiger partial charge in [0.25, 0.3) is 0 Å². The number of fused-ring (bicyclic) bond motifs is 1. The molecule has 0 fully saturated rings. The summed E-state index contributed by atoms with van der Waals surface area (Å²) in [6.45, 7) is 3.65. The van der Waals surface area contributed by atoms with E-state index in [2.05, 4.69) is 4.72 Å². The second-order valence-electron chi connectivity index (χ2n) is 8.72. The molecule has 1 aliphatic rings. The molecule has 2 N–H and O–H groups in total. The summed E-state index contributed by atoms with van der Waals surface area (Å²) in [5, 5.41) is 11.0. The molecule has 0 amide bonds. The van der Waals surface area contributed by atoms with Gasteiger partial charge in [-0.15, -0.1) is 0 Å². The summed E-state index contributed by atoms with van der Waals surface area (Å²) in [6.07, 6.45) is 6.33. The highest BCUT2D eigenvalue weighted by Gasteiger charge is 2.31. The van der Waals surface area contributed by atoms with E-state index in [9.17, 15) is 18.3 Å². The van der Waals surface area contributed by atoms with Crippen molar-refractivity contribution in [1.29, 1.82) is 0 Å². The molecule has 1 aromatic carbocycles. The van der Waals surface area contributed by atoms with Crippen LogP contribution in [0.4, 0.5) is 0 Å². The first-order chi connectivity index (χ1) is 14.8. The number of aryl methyl sites for hydroxylation is 2. The van der Waals surface area contributed by atoms with Crippen molar-refractivity contribution < 1.29 is 17.9 Å². The number of hydrogen-bond acceptors (Lipinski definition) is 5. The first kappa shape index (κ1) is 23.5. The monoisotopic (exact) mass is 447 g/mol. The molecule has 1 heterocycles. The van der Waals surface area contributed by atoms with Gasteiger partial charge in [0.15, 0.2) is 0 Å². The molecule has 1 aromatic heterocycles. The molecule has 170 valence electrons. The molecule has 7 heteroatoms. The van der Waals surface area contributed by atoms with E-state index in [1.54, 1.807) is 0 Å². The van der Waals surface area contributed by atoms with Crippen molar-refractivity contribution in [2.24, 2.45) is 5.92 Å². The van der Waals surface area contributed by atoms with E-state index in [1.165, 1.54) is 0 Å². The SMILES string of the molecule is CC(C)C(NS(=O)(=O)CCCc1ccccc1)c1c(O)c2c(oc1=O)CCCCCC2. The number of sulfonamides is 1. The Morgan fingerprint density at radius 3 is 2.42 bits per heavy atom. The first-order valence-corrected chi connectivity index (χ1v) is 12.9. The van der Waals surface area contributed by atoms with Crippen LogP contribution in [0.15, 0.2) is 39.5 Å². The second-order valence-corrected chi connectivity index (χ2v) is 10.6. The van der Waals surface area contributed by atoms with Gasteiger partial charge in [0.2, 0.25) is 10.0 Å². The van der Waals surface area contributed by atoms with E-state index in [1.807, 2.05) is 44.2 Å². The smallest absolute Gasteiger partial charge is 0.344 e. The van der Waals surface area contributed by atoms with Gasteiger partial charge >= 0.3 is 5.63 Å². The minimum atomic E-state index is -3.65. The average molecular weight is 448 g/mol. The van der Waals surface area contributed by atoms with Gasteiger partial charge in [-0.3, -0.25) is 0 Å². The first-order valence-electron chi connectivity index (χ1n) is 11.2. The number of nitrogens with one attached hydrogen (secondary N) is 1. The second kappa shape index (κ2) is 10.5. The Balaban J connectivity index is 1.81. The van der Waals surface area contributed by atoms with Crippen molar-refractivity contribution >= 4 is 10.0 Å². The Labute approximate surface area is 184 Å². The van der Waals surface area contributed by atoms with E-state index in [4.69, 9.17) is 4.42 Å². The predicted molar refractivity (Wildman–Crippen MR) is 122 cm³/mol. The number of aromatic hydroxyl groups is 1. The molecule has 0 radical (unpaired) electrons. The summed E-state index contributed by atoms with van der Waals surface area (Å²) < 4.78 is 33.8. The molecular weight excluding hydrogens is 414 g/mol. The lowest BCUT2D eigenvalue weighted by molar-refractivity contribution is 0.361. The molecule has 0 spiro atoms. The highest BCUT2D eigenvalue weighted by molar-refractivity contribution is 7.89. The lowest BCUT2D eigenvalue weighted by atomic mass is 9.92. The summed E-state index contributed by atoms with van der Waals surface area (Å²) in [5.41, 5.74) is 1.12. The molecule has 1 unspecified atom stereocenters. The van der Waals surface area contributed by atoms with E-state index < -0.39 is 21.7 Å². The maximum Gasteiger partial charge on any atom is 0.344 e. The molecule has 1 aliphatic carbocycles. The summed E-state index contributed by atoms with van der Waals surface area (Å²) in [5.74, 6) is 0.157. The van der Waals surface area contributed by atoms with E-state index >= 15 is 0 Å². The average Bonchev–Trinajstić information content (AvgIpc) is 2.69. The van der Waals surface area contributed by atoms with Gasteiger partial charge in [0, 0.05) is 12.0 Å². The van der Waals surface area contributed by atoms with Gasteiger partial charge in [-0.1, -0.05) is 57.0 Å². The van der Waals surface area contributed by atoms with Gasteiger partial charge in [0.1, 0.15) is 11.5 Å². The molecule has 0 saturated carbocycles. The summed E-state index contributed by atoms with van der Waals surface area (Å²) in [7, 11) is -3.65. The standard InChI is InChI=1S/C24H33NO5S/c1-17(2)22(25-31(28,29)16-10-13-18-11-6-5-7-12-18)21-23(26)19-14-8-3-4-9-15-20(19)30-24(21)27/h5-7,11-12,17,22,25-26H,3-4,8-10,13-16H2,1-2H3. The van der Waals surface area contributed by atoms with Crippen LogP contribution in [0.1, 0.15) is 74.4 Å². The quantitative estimate of drug-likeness (QED) is 0.630. The van der Waals surface area contributed by atoms with Gasteiger partial charge in [-0.25, -0.2) is 17.9 Å². The lowest BCUT2D eigenvalue weighted by Crippen LogP contribution is -2.36. The third-order valence-electron chi connectivity index (χ3n) is 5.90. The zero-order chi connectivity index (χ0) is 22.4. The van der Waals surface area contributed by atoms with Crippen LogP contribution in [-0.2, 0) is 29.3 Å². The summed E-state index contributed by atoms with van der Waals surface area (Å²) in [6, 6.07) is 8.89. The Bertz CT molecular complexity index is 1030. The Morgan fingerprint density at radius 1 is 1.06 bits per heavy atom. The molecule has 31 heavy (non-hydrogen) atoms. The van der Waals surface area contributed by atoms with Crippen molar-refractivity contribution in [3.63, 3.8) is 0 Å². The van der Waals surface area contributed by atoms with Crippen molar-refractivity contribution in [3.8, 4) is 5.75 Å². The maximum absolute atomic E-state index is 12.8. The topological polar surface area (TPSA) is 96.6 Å². The van der Waals surface area contributed by atoms with Crippen LogP contribution in [0.5, 0.6) is 5.75 Å². The largest absolute Gasteiger partial charge is 0.507 e. The Kier molecular flexibility index (Phi) is 7.94. The van der Waals surface area contributed by atoms with E-state index in [0.717, 1.165) is 31.2 Å². The Morgan fingerprint density at radius 2 is 1.74 bits per heavy atom. The molecule has 6 nitrogen and oxygen atoms in total. The molecular formula is C24H33NO5S. The highest BCUT2D eigenvalue weighted by Crippen LogP contribution is 2.34. The van der Waals surface area contributed by atoms with Crippen molar-refractivity contribution in [3.05, 3.63) is 63.2 Å². The molecule has 0 saturated heterocycles. The molecule has 0 aliphatic heterocycles. The maximum atomic E-state index is 12.8. The van der Waals surface area contributed by atoms with Gasteiger partial charge in [0.05, 0.1) is 17.4 Å².